The SMILES string of the molecule is CCNCc1c(N2CCC(C)C2CO)nc2ccccn12. The zero-order valence-corrected chi connectivity index (χ0v) is 12.8. The molecule has 1 aliphatic heterocycles. The normalized spacial score (nSPS) is 22.3. The molecule has 0 spiro atoms. The Labute approximate surface area is 125 Å². The van der Waals surface area contributed by atoms with Crippen molar-refractivity contribution in [2.45, 2.75) is 32.9 Å². The van der Waals surface area contributed by atoms with E-state index in [-0.39, 0.29) is 12.6 Å². The predicted octanol–water partition coefficient (Wildman–Crippen LogP) is 1.65. The first-order chi connectivity index (χ1) is 10.3. The topological polar surface area (TPSA) is 52.8 Å². The van der Waals surface area contributed by atoms with Gasteiger partial charge < -0.3 is 19.7 Å². The molecule has 2 atom stereocenters. The molecular weight excluding hydrogens is 264 g/mol. The second-order valence-corrected chi connectivity index (χ2v) is 5.80. The van der Waals surface area contributed by atoms with Gasteiger partial charge in [0.25, 0.3) is 0 Å². The van der Waals surface area contributed by atoms with Crippen LogP contribution in [0.4, 0.5) is 5.82 Å². The van der Waals surface area contributed by atoms with Crippen LogP contribution < -0.4 is 10.2 Å². The number of hydrogen-bond acceptors (Lipinski definition) is 4. The molecule has 2 N–H and O–H groups in total. The van der Waals surface area contributed by atoms with Gasteiger partial charge in [0.2, 0.25) is 0 Å². The smallest absolute Gasteiger partial charge is 0.152 e. The Balaban J connectivity index is 2.04. The van der Waals surface area contributed by atoms with Crippen molar-refractivity contribution in [3.63, 3.8) is 0 Å². The average Bonchev–Trinajstić information content (AvgIpc) is 3.05. The number of nitrogens with zero attached hydrogens (tertiary/aromatic N) is 3. The number of hydrogen-bond donors (Lipinski definition) is 2. The van der Waals surface area contributed by atoms with Crippen LogP contribution in [0.15, 0.2) is 24.4 Å². The summed E-state index contributed by atoms with van der Waals surface area (Å²) in [5, 5.41) is 13.1. The Morgan fingerprint density at radius 1 is 1.43 bits per heavy atom. The number of rotatable bonds is 5. The zero-order valence-electron chi connectivity index (χ0n) is 12.8. The van der Waals surface area contributed by atoms with E-state index in [0.29, 0.717) is 5.92 Å². The second kappa shape index (κ2) is 6.03. The molecule has 5 nitrogen and oxygen atoms in total. The number of fused-ring (bicyclic) bond motifs is 1. The van der Waals surface area contributed by atoms with Gasteiger partial charge >= 0.3 is 0 Å². The third-order valence-corrected chi connectivity index (χ3v) is 4.49. The summed E-state index contributed by atoms with van der Waals surface area (Å²) >= 11 is 0. The highest BCUT2D eigenvalue weighted by Crippen LogP contribution is 2.31. The average molecular weight is 288 g/mol. The minimum atomic E-state index is 0.176. The Kier molecular flexibility index (Phi) is 4.12. The Hall–Kier alpha value is -1.59. The van der Waals surface area contributed by atoms with Crippen LogP contribution in [0, 0.1) is 5.92 Å². The Morgan fingerprint density at radius 2 is 2.29 bits per heavy atom. The van der Waals surface area contributed by atoms with Crippen molar-refractivity contribution in [2.24, 2.45) is 5.92 Å². The lowest BCUT2D eigenvalue weighted by molar-refractivity contribution is 0.244. The number of aliphatic hydroxyl groups is 1. The molecule has 0 aliphatic carbocycles. The van der Waals surface area contributed by atoms with Crippen LogP contribution in [0.3, 0.4) is 0 Å². The van der Waals surface area contributed by atoms with Gasteiger partial charge in [-0.25, -0.2) is 4.98 Å². The van der Waals surface area contributed by atoms with Gasteiger partial charge in [-0.1, -0.05) is 19.9 Å². The minimum Gasteiger partial charge on any atom is -0.394 e. The van der Waals surface area contributed by atoms with Crippen molar-refractivity contribution in [3.8, 4) is 0 Å². The predicted molar refractivity (Wildman–Crippen MR) is 84.6 cm³/mol. The van der Waals surface area contributed by atoms with E-state index in [1.54, 1.807) is 0 Å². The molecule has 3 rings (SSSR count). The Bertz CT molecular complexity index is 609. The summed E-state index contributed by atoms with van der Waals surface area (Å²) in [6.07, 6.45) is 3.17. The summed E-state index contributed by atoms with van der Waals surface area (Å²) < 4.78 is 2.15. The summed E-state index contributed by atoms with van der Waals surface area (Å²) in [6.45, 7) is 7.20. The van der Waals surface area contributed by atoms with Gasteiger partial charge in [-0.2, -0.15) is 0 Å². The highest BCUT2D eigenvalue weighted by Gasteiger charge is 2.33. The third-order valence-electron chi connectivity index (χ3n) is 4.49. The van der Waals surface area contributed by atoms with Gasteiger partial charge in [0.05, 0.1) is 18.3 Å². The maximum Gasteiger partial charge on any atom is 0.152 e. The molecule has 2 aromatic heterocycles. The standard InChI is InChI=1S/C16H24N4O/c1-3-17-10-13-16(18-15-6-4-5-8-19(13)15)20-9-7-12(2)14(20)11-21/h4-6,8,12,14,17,21H,3,7,9-11H2,1-2H3. The molecule has 2 aromatic rings. The summed E-state index contributed by atoms with van der Waals surface area (Å²) in [7, 11) is 0. The first kappa shape index (κ1) is 14.4. The minimum absolute atomic E-state index is 0.176. The lowest BCUT2D eigenvalue weighted by Crippen LogP contribution is -2.36. The first-order valence-corrected chi connectivity index (χ1v) is 7.80. The van der Waals surface area contributed by atoms with E-state index in [1.165, 1.54) is 5.69 Å². The van der Waals surface area contributed by atoms with E-state index in [9.17, 15) is 5.11 Å². The van der Waals surface area contributed by atoms with Crippen molar-refractivity contribution in [2.75, 3.05) is 24.6 Å². The largest absolute Gasteiger partial charge is 0.394 e. The highest BCUT2D eigenvalue weighted by molar-refractivity contribution is 5.57. The fourth-order valence-electron chi connectivity index (χ4n) is 3.22. The van der Waals surface area contributed by atoms with Crippen LogP contribution in [-0.2, 0) is 6.54 Å². The first-order valence-electron chi connectivity index (χ1n) is 7.80. The monoisotopic (exact) mass is 288 g/mol. The van der Waals surface area contributed by atoms with Crippen LogP contribution >= 0.6 is 0 Å². The molecule has 2 unspecified atom stereocenters. The molecule has 0 radical (unpaired) electrons. The van der Waals surface area contributed by atoms with E-state index >= 15 is 0 Å². The lowest BCUT2D eigenvalue weighted by atomic mass is 10.0. The van der Waals surface area contributed by atoms with Crippen LogP contribution in [0.5, 0.6) is 0 Å². The molecule has 1 saturated heterocycles. The molecule has 3 heterocycles. The van der Waals surface area contributed by atoms with Crippen molar-refractivity contribution in [1.29, 1.82) is 0 Å². The highest BCUT2D eigenvalue weighted by atomic mass is 16.3. The summed E-state index contributed by atoms with van der Waals surface area (Å²) in [6, 6.07) is 6.26. The van der Waals surface area contributed by atoms with Crippen LogP contribution in [0.2, 0.25) is 0 Å². The maximum absolute atomic E-state index is 9.72. The lowest BCUT2D eigenvalue weighted by Gasteiger charge is -2.26. The van der Waals surface area contributed by atoms with E-state index in [2.05, 4.69) is 34.7 Å². The molecule has 1 fully saturated rings. The molecule has 5 heteroatoms. The number of imidazole rings is 1. The number of aromatic nitrogens is 2. The zero-order chi connectivity index (χ0) is 14.8. The van der Waals surface area contributed by atoms with E-state index in [0.717, 1.165) is 37.5 Å². The fourth-order valence-corrected chi connectivity index (χ4v) is 3.22. The summed E-state index contributed by atoms with van der Waals surface area (Å²) in [5.41, 5.74) is 2.15. The molecule has 21 heavy (non-hydrogen) atoms. The van der Waals surface area contributed by atoms with Gasteiger partial charge in [-0.3, -0.25) is 0 Å². The number of pyridine rings is 1. The summed E-state index contributed by atoms with van der Waals surface area (Å²) in [4.78, 5) is 7.10. The third kappa shape index (κ3) is 2.51. The molecule has 0 amide bonds. The van der Waals surface area contributed by atoms with Gasteiger partial charge in [0, 0.05) is 19.3 Å². The van der Waals surface area contributed by atoms with Crippen LogP contribution in [0.25, 0.3) is 5.65 Å². The molecule has 0 aromatic carbocycles. The molecular formula is C16H24N4O. The van der Waals surface area contributed by atoms with E-state index in [4.69, 9.17) is 4.98 Å². The van der Waals surface area contributed by atoms with E-state index in [1.807, 2.05) is 18.2 Å². The van der Waals surface area contributed by atoms with Crippen molar-refractivity contribution < 1.29 is 5.11 Å². The van der Waals surface area contributed by atoms with Gasteiger partial charge in [-0.15, -0.1) is 0 Å². The second-order valence-electron chi connectivity index (χ2n) is 5.80. The Morgan fingerprint density at radius 3 is 3.05 bits per heavy atom. The molecule has 1 aliphatic rings. The number of anilines is 1. The fraction of sp³-hybridized carbons (Fsp3) is 0.562. The van der Waals surface area contributed by atoms with Crippen LogP contribution in [0.1, 0.15) is 26.0 Å². The quantitative estimate of drug-likeness (QED) is 0.878. The van der Waals surface area contributed by atoms with Crippen LogP contribution in [-0.4, -0.2) is 40.2 Å². The van der Waals surface area contributed by atoms with Crippen molar-refractivity contribution in [3.05, 3.63) is 30.1 Å². The number of nitrogens with one attached hydrogen (secondary N) is 1. The van der Waals surface area contributed by atoms with Gasteiger partial charge in [0.1, 0.15) is 5.65 Å². The van der Waals surface area contributed by atoms with Gasteiger partial charge in [0.15, 0.2) is 5.82 Å². The van der Waals surface area contributed by atoms with Crippen molar-refractivity contribution >= 4 is 11.5 Å². The van der Waals surface area contributed by atoms with E-state index < -0.39 is 0 Å². The molecule has 0 saturated carbocycles. The summed E-state index contributed by atoms with van der Waals surface area (Å²) in [5.74, 6) is 1.53. The molecule has 114 valence electrons. The van der Waals surface area contributed by atoms with Crippen molar-refractivity contribution in [1.82, 2.24) is 14.7 Å². The molecule has 0 bridgehead atoms. The number of aliphatic hydroxyl groups excluding tert-OH is 1. The maximum atomic E-state index is 9.72. The van der Waals surface area contributed by atoms with Gasteiger partial charge in [-0.05, 0) is 31.0 Å².